The Kier molecular flexibility index (Phi) is 6.67. The summed E-state index contributed by atoms with van der Waals surface area (Å²) in [7, 11) is 1.62. The van der Waals surface area contributed by atoms with Crippen LogP contribution in [0.3, 0.4) is 0 Å². The summed E-state index contributed by atoms with van der Waals surface area (Å²) in [4.78, 5) is 8.98. The summed E-state index contributed by atoms with van der Waals surface area (Å²) < 4.78 is 11.3. The average Bonchev–Trinajstić information content (AvgIpc) is 3.34. The van der Waals surface area contributed by atoms with Gasteiger partial charge in [0.25, 0.3) is 0 Å². The highest BCUT2D eigenvalue weighted by Crippen LogP contribution is 2.27. The third kappa shape index (κ3) is 5.13. The van der Waals surface area contributed by atoms with Crippen molar-refractivity contribution in [1.29, 1.82) is 0 Å². The Hall–Kier alpha value is -2.72. The third-order valence-electron chi connectivity index (χ3n) is 5.55. The number of aliphatic hydroxyl groups excluding tert-OH is 1. The van der Waals surface area contributed by atoms with Crippen molar-refractivity contribution in [2.24, 2.45) is 0 Å². The summed E-state index contributed by atoms with van der Waals surface area (Å²) >= 11 is 0. The first-order valence-corrected chi connectivity index (χ1v) is 10.5. The van der Waals surface area contributed by atoms with Gasteiger partial charge in [-0.25, -0.2) is 4.98 Å². The van der Waals surface area contributed by atoms with Crippen LogP contribution in [0.1, 0.15) is 18.1 Å². The van der Waals surface area contributed by atoms with E-state index in [2.05, 4.69) is 36.4 Å². The Bertz CT molecular complexity index is 888. The maximum Gasteiger partial charge on any atom is 0.218 e. The number of pyridine rings is 1. The summed E-state index contributed by atoms with van der Waals surface area (Å²) in [5, 5.41) is 20.1. The molecule has 0 radical (unpaired) electrons. The zero-order chi connectivity index (χ0) is 21.7. The maximum atomic E-state index is 9.80. The molecule has 4 rings (SSSR count). The highest BCUT2D eigenvalue weighted by molar-refractivity contribution is 5.74. The minimum absolute atomic E-state index is 0.240. The minimum atomic E-state index is -0.780. The van der Waals surface area contributed by atoms with Gasteiger partial charge in [-0.05, 0) is 18.6 Å². The van der Waals surface area contributed by atoms with Crippen LogP contribution >= 0.6 is 0 Å². The van der Waals surface area contributed by atoms with Gasteiger partial charge in [0.1, 0.15) is 0 Å². The van der Waals surface area contributed by atoms with E-state index in [1.165, 1.54) is 0 Å². The van der Waals surface area contributed by atoms with E-state index in [4.69, 9.17) is 9.47 Å². The summed E-state index contributed by atoms with van der Waals surface area (Å²) in [5.41, 5.74) is 3.19. The number of H-pyrrole nitrogens is 1. The molecule has 9 nitrogen and oxygen atoms in total. The number of nitrogens with zero attached hydrogens (tertiary/aromatic N) is 4. The summed E-state index contributed by atoms with van der Waals surface area (Å²) in [6.45, 7) is 6.28. The van der Waals surface area contributed by atoms with Crippen LogP contribution in [0.5, 0.6) is 5.88 Å². The molecule has 2 atom stereocenters. The maximum absolute atomic E-state index is 9.80. The van der Waals surface area contributed by atoms with E-state index >= 15 is 0 Å². The van der Waals surface area contributed by atoms with Gasteiger partial charge in [-0.2, -0.15) is 5.10 Å². The first-order valence-electron chi connectivity index (χ1n) is 10.5. The largest absolute Gasteiger partial charge is 0.481 e. The van der Waals surface area contributed by atoms with E-state index < -0.39 is 12.0 Å². The molecule has 0 aliphatic carbocycles. The third-order valence-corrected chi connectivity index (χ3v) is 5.55. The molecular weight excluding hydrogens is 396 g/mol. The lowest BCUT2D eigenvalue weighted by atomic mass is 10.1. The van der Waals surface area contributed by atoms with Crippen molar-refractivity contribution < 1.29 is 14.6 Å². The van der Waals surface area contributed by atoms with Crippen LogP contribution < -0.4 is 10.1 Å². The van der Waals surface area contributed by atoms with Gasteiger partial charge in [-0.15, -0.1) is 0 Å². The van der Waals surface area contributed by atoms with E-state index in [0.717, 1.165) is 49.4 Å². The van der Waals surface area contributed by atoms with Crippen LogP contribution in [0.25, 0.3) is 5.57 Å². The predicted molar refractivity (Wildman–Crippen MR) is 117 cm³/mol. The SMILES string of the molecule is COc1ccc(CN2CCN([C@@]3(OCC(C)O)C=CC(c4cn[nH]c4)=CN3)CC2)cn1. The smallest absolute Gasteiger partial charge is 0.218 e. The molecule has 166 valence electrons. The number of aromatic nitrogens is 3. The molecule has 31 heavy (non-hydrogen) atoms. The molecule has 3 N–H and O–H groups in total. The van der Waals surface area contributed by atoms with Crippen LogP contribution in [-0.4, -0.2) is 81.9 Å². The van der Waals surface area contributed by atoms with Gasteiger partial charge in [0.15, 0.2) is 0 Å². The number of hydrogen-bond acceptors (Lipinski definition) is 8. The van der Waals surface area contributed by atoms with Gasteiger partial charge < -0.3 is 19.9 Å². The zero-order valence-electron chi connectivity index (χ0n) is 18.0. The van der Waals surface area contributed by atoms with Gasteiger partial charge in [0.05, 0.1) is 26.0 Å². The second-order valence-electron chi connectivity index (χ2n) is 7.89. The van der Waals surface area contributed by atoms with Crippen molar-refractivity contribution in [3.8, 4) is 5.88 Å². The molecule has 1 fully saturated rings. The number of dihydropyridines is 1. The van der Waals surface area contributed by atoms with Crippen LogP contribution in [0.2, 0.25) is 0 Å². The van der Waals surface area contributed by atoms with Crippen molar-refractivity contribution in [3.63, 3.8) is 0 Å². The molecule has 0 bridgehead atoms. The molecule has 2 aliphatic heterocycles. The molecule has 2 aromatic heterocycles. The fraction of sp³-hybridized carbons (Fsp3) is 0.455. The van der Waals surface area contributed by atoms with Gasteiger partial charge in [0.2, 0.25) is 11.7 Å². The number of methoxy groups -OCH3 is 1. The molecule has 0 aromatic carbocycles. The highest BCUT2D eigenvalue weighted by atomic mass is 16.5. The van der Waals surface area contributed by atoms with Crippen LogP contribution in [0.15, 0.2) is 49.1 Å². The summed E-state index contributed by atoms with van der Waals surface area (Å²) in [6.07, 6.45) is 11.0. The van der Waals surface area contributed by atoms with Gasteiger partial charge >= 0.3 is 0 Å². The molecular formula is C22H30N6O3. The lowest BCUT2D eigenvalue weighted by molar-refractivity contribution is -0.162. The fourth-order valence-corrected chi connectivity index (χ4v) is 3.82. The number of piperazine rings is 1. The quantitative estimate of drug-likeness (QED) is 0.579. The summed E-state index contributed by atoms with van der Waals surface area (Å²) in [6, 6.07) is 3.95. The Labute approximate surface area is 182 Å². The second-order valence-corrected chi connectivity index (χ2v) is 7.89. The van der Waals surface area contributed by atoms with Crippen molar-refractivity contribution in [2.45, 2.75) is 25.4 Å². The van der Waals surface area contributed by atoms with Gasteiger partial charge in [-0.3, -0.25) is 14.9 Å². The first-order chi connectivity index (χ1) is 15.1. The van der Waals surface area contributed by atoms with Crippen molar-refractivity contribution in [1.82, 2.24) is 30.3 Å². The Morgan fingerprint density at radius 2 is 2.06 bits per heavy atom. The normalized spacial score (nSPS) is 23.3. The van der Waals surface area contributed by atoms with Crippen molar-refractivity contribution in [2.75, 3.05) is 39.9 Å². The van der Waals surface area contributed by atoms with Crippen LogP contribution in [-0.2, 0) is 11.3 Å². The molecule has 0 saturated carbocycles. The average molecular weight is 427 g/mol. The Morgan fingerprint density at radius 1 is 1.23 bits per heavy atom. The molecule has 0 spiro atoms. The Balaban J connectivity index is 1.40. The van der Waals surface area contributed by atoms with Gasteiger partial charge in [0, 0.05) is 68.5 Å². The monoisotopic (exact) mass is 426 g/mol. The number of nitrogens with one attached hydrogen (secondary N) is 2. The van der Waals surface area contributed by atoms with Crippen molar-refractivity contribution in [3.05, 3.63) is 60.2 Å². The lowest BCUT2D eigenvalue weighted by Gasteiger charge is -2.47. The van der Waals surface area contributed by atoms with Crippen LogP contribution in [0.4, 0.5) is 0 Å². The summed E-state index contributed by atoms with van der Waals surface area (Å²) in [5.74, 6) is -0.151. The minimum Gasteiger partial charge on any atom is -0.481 e. The molecule has 0 amide bonds. The molecule has 4 heterocycles. The standard InChI is InChI=1S/C22H30N6O3/c1-17(29)16-31-22(6-5-19(12-24-22)20-13-25-26-14-20)28-9-7-27(8-10-28)15-18-3-4-21(30-2)23-11-18/h3-6,11-14,17,24,29H,7-10,15-16H2,1-2H3,(H,25,26)/t17?,22-/m1/s1. The molecule has 1 unspecified atom stereocenters. The molecule has 9 heteroatoms. The number of aliphatic hydroxyl groups is 1. The second kappa shape index (κ2) is 9.61. The number of hydrogen-bond donors (Lipinski definition) is 3. The van der Waals surface area contributed by atoms with Crippen molar-refractivity contribution >= 4 is 5.57 Å². The zero-order valence-corrected chi connectivity index (χ0v) is 18.0. The topological polar surface area (TPSA) is 98.8 Å². The van der Waals surface area contributed by atoms with Gasteiger partial charge in [-0.1, -0.05) is 12.1 Å². The number of allylic oxidation sites excluding steroid dienone is 2. The first kappa shape index (κ1) is 21.5. The molecule has 2 aliphatic rings. The van der Waals surface area contributed by atoms with E-state index in [-0.39, 0.29) is 6.61 Å². The van der Waals surface area contributed by atoms with E-state index in [1.54, 1.807) is 20.2 Å². The van der Waals surface area contributed by atoms with Crippen LogP contribution in [0, 0.1) is 0 Å². The highest BCUT2D eigenvalue weighted by Gasteiger charge is 2.38. The predicted octanol–water partition coefficient (Wildman–Crippen LogP) is 1.18. The van der Waals surface area contributed by atoms with E-state index in [0.29, 0.717) is 5.88 Å². The molecule has 1 saturated heterocycles. The molecule has 2 aromatic rings. The number of aromatic amines is 1. The van der Waals surface area contributed by atoms with E-state index in [9.17, 15) is 5.11 Å². The lowest BCUT2D eigenvalue weighted by Crippen LogP contribution is -2.63. The Morgan fingerprint density at radius 3 is 2.65 bits per heavy atom. The fourth-order valence-electron chi connectivity index (χ4n) is 3.82. The van der Waals surface area contributed by atoms with E-state index in [1.807, 2.05) is 36.8 Å². The number of rotatable bonds is 8. The number of ether oxygens (including phenoxy) is 2.